The van der Waals surface area contributed by atoms with Crippen LogP contribution >= 0.6 is 11.6 Å². The lowest BCUT2D eigenvalue weighted by atomic mass is 10.2. The molecule has 4 aromatic rings. The molecule has 0 atom stereocenters. The highest BCUT2D eigenvalue weighted by Crippen LogP contribution is 2.33. The van der Waals surface area contributed by atoms with Crippen LogP contribution in [0.1, 0.15) is 0 Å². The molecule has 2 heterocycles. The third kappa shape index (κ3) is 3.14. The van der Waals surface area contributed by atoms with E-state index in [1.807, 2.05) is 36.4 Å². The first kappa shape index (κ1) is 15.5. The molecular weight excluding hydrogens is 341 g/mol. The van der Waals surface area contributed by atoms with Crippen molar-refractivity contribution in [1.29, 1.82) is 0 Å². The molecule has 4 nitrogen and oxygen atoms in total. The first-order valence-electron chi connectivity index (χ1n) is 7.51. The summed E-state index contributed by atoms with van der Waals surface area (Å²) < 4.78 is 19.1. The van der Waals surface area contributed by atoms with Crippen molar-refractivity contribution in [2.75, 3.05) is 0 Å². The second-order valence-corrected chi connectivity index (χ2v) is 5.69. The normalized spacial score (nSPS) is 10.8. The second-order valence-electron chi connectivity index (χ2n) is 5.28. The van der Waals surface area contributed by atoms with E-state index in [4.69, 9.17) is 16.3 Å². The fraction of sp³-hybridized carbons (Fsp3) is 0. The minimum atomic E-state index is -0.428. The molecule has 0 aliphatic carbocycles. The molecule has 122 valence electrons. The van der Waals surface area contributed by atoms with Gasteiger partial charge in [0.1, 0.15) is 11.6 Å². The van der Waals surface area contributed by atoms with Crippen molar-refractivity contribution in [2.45, 2.75) is 0 Å². The van der Waals surface area contributed by atoms with Gasteiger partial charge in [-0.3, -0.25) is 4.98 Å². The largest absolute Gasteiger partial charge is 0.437 e. The number of nitrogens with zero attached hydrogens (tertiary/aromatic N) is 3. The Balaban J connectivity index is 1.86. The summed E-state index contributed by atoms with van der Waals surface area (Å²) in [6.07, 6.45) is 3.34. The SMILES string of the molecule is Fc1ccc(Oc2nc(-c3ccncc3)nc3ccccc23)c(Cl)c1. The molecule has 0 amide bonds. The number of benzene rings is 2. The van der Waals surface area contributed by atoms with Gasteiger partial charge in [-0.05, 0) is 42.5 Å². The van der Waals surface area contributed by atoms with E-state index in [0.29, 0.717) is 17.5 Å². The third-order valence-corrected chi connectivity index (χ3v) is 3.90. The fourth-order valence-electron chi connectivity index (χ4n) is 2.42. The van der Waals surface area contributed by atoms with Gasteiger partial charge in [-0.1, -0.05) is 23.7 Å². The number of rotatable bonds is 3. The first-order chi connectivity index (χ1) is 12.2. The molecule has 0 saturated heterocycles. The molecule has 2 aromatic heterocycles. The number of halogens is 2. The molecule has 0 aliphatic rings. The van der Waals surface area contributed by atoms with E-state index in [0.717, 1.165) is 16.5 Å². The van der Waals surface area contributed by atoms with Crippen LogP contribution in [0.5, 0.6) is 11.6 Å². The Morgan fingerprint density at radius 2 is 1.72 bits per heavy atom. The Labute approximate surface area is 147 Å². The molecule has 0 N–H and O–H groups in total. The molecule has 0 fully saturated rings. The van der Waals surface area contributed by atoms with E-state index in [9.17, 15) is 4.39 Å². The van der Waals surface area contributed by atoms with Crippen molar-refractivity contribution in [1.82, 2.24) is 15.0 Å². The lowest BCUT2D eigenvalue weighted by molar-refractivity contribution is 0.467. The maximum absolute atomic E-state index is 13.3. The zero-order chi connectivity index (χ0) is 17.2. The Morgan fingerprint density at radius 3 is 2.52 bits per heavy atom. The Morgan fingerprint density at radius 1 is 0.920 bits per heavy atom. The maximum Gasteiger partial charge on any atom is 0.230 e. The lowest BCUT2D eigenvalue weighted by Crippen LogP contribution is -1.96. The van der Waals surface area contributed by atoms with E-state index in [2.05, 4.69) is 15.0 Å². The summed E-state index contributed by atoms with van der Waals surface area (Å²) in [6, 6.07) is 15.1. The van der Waals surface area contributed by atoms with E-state index < -0.39 is 5.82 Å². The summed E-state index contributed by atoms with van der Waals surface area (Å²) in [5.74, 6) is 0.759. The monoisotopic (exact) mass is 351 g/mol. The van der Waals surface area contributed by atoms with Crippen LogP contribution in [0.25, 0.3) is 22.3 Å². The van der Waals surface area contributed by atoms with Crippen molar-refractivity contribution >= 4 is 22.5 Å². The summed E-state index contributed by atoms with van der Waals surface area (Å²) in [6.45, 7) is 0. The average Bonchev–Trinajstić information content (AvgIpc) is 2.64. The Bertz CT molecular complexity index is 1060. The van der Waals surface area contributed by atoms with Crippen LogP contribution < -0.4 is 4.74 Å². The van der Waals surface area contributed by atoms with Gasteiger partial charge in [0.15, 0.2) is 5.82 Å². The Hall–Kier alpha value is -3.05. The van der Waals surface area contributed by atoms with Crippen molar-refractivity contribution < 1.29 is 9.13 Å². The molecule has 6 heteroatoms. The third-order valence-electron chi connectivity index (χ3n) is 3.61. The molecular formula is C19H11ClFN3O. The number of para-hydroxylation sites is 1. The zero-order valence-corrected chi connectivity index (χ0v) is 13.6. The zero-order valence-electron chi connectivity index (χ0n) is 12.9. The molecule has 0 spiro atoms. The van der Waals surface area contributed by atoms with Crippen LogP contribution in [-0.4, -0.2) is 15.0 Å². The van der Waals surface area contributed by atoms with Gasteiger partial charge in [0.05, 0.1) is 15.9 Å². The Kier molecular flexibility index (Phi) is 3.99. The van der Waals surface area contributed by atoms with Gasteiger partial charge < -0.3 is 4.74 Å². The van der Waals surface area contributed by atoms with Gasteiger partial charge in [0, 0.05) is 18.0 Å². The highest BCUT2D eigenvalue weighted by molar-refractivity contribution is 6.32. The van der Waals surface area contributed by atoms with E-state index in [1.165, 1.54) is 18.2 Å². The highest BCUT2D eigenvalue weighted by atomic mass is 35.5. The first-order valence-corrected chi connectivity index (χ1v) is 7.88. The highest BCUT2D eigenvalue weighted by Gasteiger charge is 2.13. The quantitative estimate of drug-likeness (QED) is 0.504. The molecule has 0 saturated carbocycles. The van der Waals surface area contributed by atoms with Gasteiger partial charge in [0.2, 0.25) is 5.88 Å². The van der Waals surface area contributed by atoms with Gasteiger partial charge >= 0.3 is 0 Å². The molecule has 4 rings (SSSR count). The van der Waals surface area contributed by atoms with Crippen LogP contribution in [0, 0.1) is 5.82 Å². The number of ether oxygens (including phenoxy) is 1. The molecule has 25 heavy (non-hydrogen) atoms. The minimum Gasteiger partial charge on any atom is -0.437 e. The predicted molar refractivity (Wildman–Crippen MR) is 94.3 cm³/mol. The molecule has 0 unspecified atom stereocenters. The summed E-state index contributed by atoms with van der Waals surface area (Å²) >= 11 is 6.07. The van der Waals surface area contributed by atoms with Crippen LogP contribution in [0.2, 0.25) is 5.02 Å². The second kappa shape index (κ2) is 6.45. The molecule has 0 aliphatic heterocycles. The summed E-state index contributed by atoms with van der Waals surface area (Å²) in [5, 5.41) is 0.911. The van der Waals surface area contributed by atoms with Crippen molar-refractivity contribution in [2.24, 2.45) is 0 Å². The van der Waals surface area contributed by atoms with E-state index >= 15 is 0 Å². The number of hydrogen-bond acceptors (Lipinski definition) is 4. The smallest absolute Gasteiger partial charge is 0.230 e. The number of aromatic nitrogens is 3. The maximum atomic E-state index is 13.3. The predicted octanol–water partition coefficient (Wildman–Crippen LogP) is 5.28. The van der Waals surface area contributed by atoms with Gasteiger partial charge in [-0.2, -0.15) is 4.98 Å². The van der Waals surface area contributed by atoms with Gasteiger partial charge in [0.25, 0.3) is 0 Å². The molecule has 0 bridgehead atoms. The van der Waals surface area contributed by atoms with Crippen molar-refractivity contribution in [3.63, 3.8) is 0 Å². The van der Waals surface area contributed by atoms with Crippen LogP contribution in [-0.2, 0) is 0 Å². The summed E-state index contributed by atoms with van der Waals surface area (Å²) in [7, 11) is 0. The number of pyridine rings is 1. The summed E-state index contributed by atoms with van der Waals surface area (Å²) in [4.78, 5) is 13.1. The van der Waals surface area contributed by atoms with Gasteiger partial charge in [-0.15, -0.1) is 0 Å². The van der Waals surface area contributed by atoms with E-state index in [-0.39, 0.29) is 5.02 Å². The number of fused-ring (bicyclic) bond motifs is 1. The average molecular weight is 352 g/mol. The van der Waals surface area contributed by atoms with E-state index in [1.54, 1.807) is 12.4 Å². The van der Waals surface area contributed by atoms with Crippen LogP contribution in [0.4, 0.5) is 4.39 Å². The minimum absolute atomic E-state index is 0.174. The molecule has 0 radical (unpaired) electrons. The standard InChI is InChI=1S/C19H11ClFN3O/c20-15-11-13(21)5-6-17(15)25-19-14-3-1-2-4-16(14)23-18(24-19)12-7-9-22-10-8-12/h1-11H. The summed E-state index contributed by atoms with van der Waals surface area (Å²) in [5.41, 5.74) is 1.55. The lowest BCUT2D eigenvalue weighted by Gasteiger charge is -2.11. The van der Waals surface area contributed by atoms with Crippen LogP contribution in [0.3, 0.4) is 0 Å². The van der Waals surface area contributed by atoms with Crippen LogP contribution in [0.15, 0.2) is 67.0 Å². The van der Waals surface area contributed by atoms with Crippen molar-refractivity contribution in [3.8, 4) is 23.0 Å². The van der Waals surface area contributed by atoms with Crippen molar-refractivity contribution in [3.05, 3.63) is 77.8 Å². The fourth-order valence-corrected chi connectivity index (χ4v) is 2.62. The number of hydrogen-bond donors (Lipinski definition) is 0. The topological polar surface area (TPSA) is 47.9 Å². The van der Waals surface area contributed by atoms with Gasteiger partial charge in [-0.25, -0.2) is 9.37 Å². The molecule has 2 aromatic carbocycles.